The van der Waals surface area contributed by atoms with Gasteiger partial charge < -0.3 is 11.5 Å². The second-order valence-electron chi connectivity index (χ2n) is 5.06. The molecule has 1 rings (SSSR count). The van der Waals surface area contributed by atoms with Crippen molar-refractivity contribution >= 4 is 0 Å². The molecule has 1 saturated carbocycles. The molecule has 6 unspecified atom stereocenters. The molecule has 0 bridgehead atoms. The molecule has 1 aliphatic rings. The summed E-state index contributed by atoms with van der Waals surface area (Å²) in [6, 6.07) is 0.576. The highest BCUT2D eigenvalue weighted by Crippen LogP contribution is 2.43. The van der Waals surface area contributed by atoms with Gasteiger partial charge >= 0.3 is 0 Å². The van der Waals surface area contributed by atoms with E-state index in [1.54, 1.807) is 0 Å². The first-order valence-corrected chi connectivity index (χ1v) is 5.46. The van der Waals surface area contributed by atoms with E-state index in [0.717, 1.165) is 11.8 Å². The molecule has 1 fully saturated rings. The Hall–Kier alpha value is -0.0800. The molecule has 0 aliphatic heterocycles. The lowest BCUT2D eigenvalue weighted by atomic mass is 9.79. The predicted molar refractivity (Wildman–Crippen MR) is 57.2 cm³/mol. The third-order valence-electron chi connectivity index (χ3n) is 3.72. The summed E-state index contributed by atoms with van der Waals surface area (Å²) in [4.78, 5) is 0. The monoisotopic (exact) mass is 184 g/mol. The Labute approximate surface area is 82.1 Å². The van der Waals surface area contributed by atoms with E-state index in [1.807, 2.05) is 0 Å². The van der Waals surface area contributed by atoms with Crippen LogP contribution in [0.4, 0.5) is 0 Å². The lowest BCUT2D eigenvalue weighted by Gasteiger charge is -2.30. The van der Waals surface area contributed by atoms with Gasteiger partial charge in [-0.25, -0.2) is 0 Å². The summed E-state index contributed by atoms with van der Waals surface area (Å²) in [6.45, 7) is 8.86. The molecule has 2 nitrogen and oxygen atoms in total. The van der Waals surface area contributed by atoms with Gasteiger partial charge in [0.25, 0.3) is 0 Å². The highest BCUT2D eigenvalue weighted by molar-refractivity contribution is 4.94. The molecule has 0 aromatic rings. The van der Waals surface area contributed by atoms with Crippen LogP contribution < -0.4 is 11.5 Å². The average Bonchev–Trinajstić information content (AvgIpc) is 2.24. The van der Waals surface area contributed by atoms with Crippen LogP contribution in [0.2, 0.25) is 0 Å². The average molecular weight is 184 g/mol. The van der Waals surface area contributed by atoms with E-state index in [9.17, 15) is 0 Å². The molecular formula is C11H24N2. The van der Waals surface area contributed by atoms with E-state index in [4.69, 9.17) is 11.5 Å². The zero-order valence-corrected chi connectivity index (χ0v) is 9.33. The van der Waals surface area contributed by atoms with Crippen LogP contribution >= 0.6 is 0 Å². The quantitative estimate of drug-likeness (QED) is 0.684. The maximum Gasteiger partial charge on any atom is 0.00446 e. The van der Waals surface area contributed by atoms with Crippen molar-refractivity contribution < 1.29 is 0 Å². The fourth-order valence-corrected chi connectivity index (χ4v) is 3.40. The fraction of sp³-hybridized carbons (Fsp3) is 1.00. The van der Waals surface area contributed by atoms with Crippen molar-refractivity contribution in [2.45, 2.75) is 46.2 Å². The van der Waals surface area contributed by atoms with Gasteiger partial charge in [0.1, 0.15) is 0 Å². The van der Waals surface area contributed by atoms with Crippen LogP contribution in [0.25, 0.3) is 0 Å². The van der Waals surface area contributed by atoms with Crippen LogP contribution in [0.15, 0.2) is 0 Å². The van der Waals surface area contributed by atoms with Crippen molar-refractivity contribution in [1.82, 2.24) is 0 Å². The minimum absolute atomic E-state index is 0.288. The van der Waals surface area contributed by atoms with Gasteiger partial charge in [-0.3, -0.25) is 0 Å². The van der Waals surface area contributed by atoms with Crippen molar-refractivity contribution in [3.8, 4) is 0 Å². The van der Waals surface area contributed by atoms with Gasteiger partial charge in [-0.1, -0.05) is 13.8 Å². The second kappa shape index (κ2) is 3.97. The van der Waals surface area contributed by atoms with E-state index in [1.165, 1.54) is 6.42 Å². The van der Waals surface area contributed by atoms with Crippen molar-refractivity contribution in [3.63, 3.8) is 0 Å². The molecule has 2 heteroatoms. The third-order valence-corrected chi connectivity index (χ3v) is 3.72. The third kappa shape index (κ3) is 2.05. The fourth-order valence-electron chi connectivity index (χ4n) is 3.40. The normalized spacial score (nSPS) is 44.8. The van der Waals surface area contributed by atoms with Gasteiger partial charge in [0, 0.05) is 12.1 Å². The van der Waals surface area contributed by atoms with Crippen molar-refractivity contribution in [2.75, 3.05) is 0 Å². The van der Waals surface area contributed by atoms with Crippen LogP contribution in [0.1, 0.15) is 34.1 Å². The maximum absolute atomic E-state index is 6.02. The topological polar surface area (TPSA) is 52.0 Å². The van der Waals surface area contributed by atoms with Crippen molar-refractivity contribution in [3.05, 3.63) is 0 Å². The minimum atomic E-state index is 0.288. The Bertz CT molecular complexity index is 147. The number of rotatable bonds is 2. The van der Waals surface area contributed by atoms with E-state index in [-0.39, 0.29) is 12.1 Å². The SMILES string of the molecule is CC(N)C1C(C)CC(C)C1C(C)N. The predicted octanol–water partition coefficient (Wildman–Crippen LogP) is 1.59. The van der Waals surface area contributed by atoms with Crippen LogP contribution in [0, 0.1) is 23.7 Å². The second-order valence-corrected chi connectivity index (χ2v) is 5.06. The number of hydrogen-bond donors (Lipinski definition) is 2. The summed E-state index contributed by atoms with van der Waals surface area (Å²) >= 11 is 0. The first-order valence-electron chi connectivity index (χ1n) is 5.46. The highest BCUT2D eigenvalue weighted by atomic mass is 14.7. The van der Waals surface area contributed by atoms with Crippen molar-refractivity contribution in [2.24, 2.45) is 35.1 Å². The molecule has 0 aromatic carbocycles. The molecule has 78 valence electrons. The minimum Gasteiger partial charge on any atom is -0.328 e. The molecule has 0 heterocycles. The molecule has 6 atom stereocenters. The zero-order chi connectivity index (χ0) is 10.2. The molecule has 4 N–H and O–H groups in total. The Balaban J connectivity index is 2.77. The van der Waals surface area contributed by atoms with Gasteiger partial charge in [-0.2, -0.15) is 0 Å². The standard InChI is InChI=1S/C11H24N2/c1-6-5-7(2)11(9(4)13)10(6)8(3)12/h6-11H,5,12-13H2,1-4H3. The van der Waals surface area contributed by atoms with Crippen LogP contribution in [0.5, 0.6) is 0 Å². The largest absolute Gasteiger partial charge is 0.328 e. The lowest BCUT2D eigenvalue weighted by Crippen LogP contribution is -2.41. The first-order chi connectivity index (χ1) is 5.95. The van der Waals surface area contributed by atoms with Gasteiger partial charge in [-0.15, -0.1) is 0 Å². The molecule has 0 aromatic heterocycles. The summed E-state index contributed by atoms with van der Waals surface area (Å²) in [5.41, 5.74) is 12.0. The van der Waals surface area contributed by atoms with Crippen LogP contribution in [0.3, 0.4) is 0 Å². The van der Waals surface area contributed by atoms with Gasteiger partial charge in [0.15, 0.2) is 0 Å². The molecule has 0 spiro atoms. The Morgan fingerprint density at radius 1 is 0.923 bits per heavy atom. The molecule has 13 heavy (non-hydrogen) atoms. The summed E-state index contributed by atoms with van der Waals surface area (Å²) in [5, 5.41) is 0. The molecule has 0 saturated heterocycles. The molecule has 0 radical (unpaired) electrons. The van der Waals surface area contributed by atoms with E-state index >= 15 is 0 Å². The zero-order valence-electron chi connectivity index (χ0n) is 9.33. The molecule has 1 aliphatic carbocycles. The lowest BCUT2D eigenvalue weighted by molar-refractivity contribution is 0.230. The van der Waals surface area contributed by atoms with E-state index < -0.39 is 0 Å². The number of hydrogen-bond acceptors (Lipinski definition) is 2. The summed E-state index contributed by atoms with van der Waals surface area (Å²) in [6.07, 6.45) is 1.29. The maximum atomic E-state index is 6.02. The smallest absolute Gasteiger partial charge is 0.00446 e. The molecular weight excluding hydrogens is 160 g/mol. The van der Waals surface area contributed by atoms with E-state index in [2.05, 4.69) is 27.7 Å². The summed E-state index contributed by atoms with van der Waals surface area (Å²) in [7, 11) is 0. The Kier molecular flexibility index (Phi) is 3.36. The summed E-state index contributed by atoms with van der Waals surface area (Å²) < 4.78 is 0. The van der Waals surface area contributed by atoms with Gasteiger partial charge in [0.05, 0.1) is 0 Å². The van der Waals surface area contributed by atoms with Crippen LogP contribution in [-0.2, 0) is 0 Å². The highest BCUT2D eigenvalue weighted by Gasteiger charge is 2.41. The number of nitrogens with two attached hydrogens (primary N) is 2. The van der Waals surface area contributed by atoms with E-state index in [0.29, 0.717) is 11.8 Å². The van der Waals surface area contributed by atoms with Gasteiger partial charge in [0.2, 0.25) is 0 Å². The van der Waals surface area contributed by atoms with Crippen LogP contribution in [-0.4, -0.2) is 12.1 Å². The first kappa shape index (κ1) is 11.0. The summed E-state index contributed by atoms with van der Waals surface area (Å²) in [5.74, 6) is 2.72. The Morgan fingerprint density at radius 3 is 1.46 bits per heavy atom. The Morgan fingerprint density at radius 2 is 1.23 bits per heavy atom. The van der Waals surface area contributed by atoms with Gasteiger partial charge in [-0.05, 0) is 43.9 Å². The molecule has 0 amide bonds. The van der Waals surface area contributed by atoms with Crippen molar-refractivity contribution in [1.29, 1.82) is 0 Å².